The van der Waals surface area contributed by atoms with Gasteiger partial charge in [0.25, 0.3) is 0 Å². The van der Waals surface area contributed by atoms with Crippen molar-refractivity contribution in [2.24, 2.45) is 0 Å². The van der Waals surface area contributed by atoms with E-state index in [9.17, 15) is 0 Å². The Labute approximate surface area is 322 Å². The molecule has 0 radical (unpaired) electrons. The molecule has 4 heteroatoms. The van der Waals surface area contributed by atoms with Crippen molar-refractivity contribution in [3.05, 3.63) is 188 Å². The minimum Gasteiger partial charge on any atom is -0.291 e. The molecule has 0 saturated carbocycles. The van der Waals surface area contributed by atoms with Gasteiger partial charge in [0.1, 0.15) is 5.82 Å². The van der Waals surface area contributed by atoms with Gasteiger partial charge in [-0.1, -0.05) is 158 Å². The monoisotopic (exact) mass is 719 g/mol. The first kappa shape index (κ1) is 31.6. The molecule has 0 spiro atoms. The van der Waals surface area contributed by atoms with Gasteiger partial charge in [-0.15, -0.1) is 11.3 Å². The molecule has 3 aromatic heterocycles. The molecule has 0 atom stereocenters. The van der Waals surface area contributed by atoms with Crippen molar-refractivity contribution in [3.63, 3.8) is 0 Å². The predicted molar refractivity (Wildman–Crippen MR) is 233 cm³/mol. The minimum atomic E-state index is 0.915. The standard InChI is InChI=1S/C51H33N3S/c1-32-25-27-43(50-46(32)48-45(55-50)30-37(31-52-48)34-17-7-3-8-18-34)51-53-47-41-23-13-11-21-39(41)40-22-12-14-24-42(40)49(47)54(51)44-29-36(33-15-5-2-6-16-33)26-28-38(44)35-19-9-4-10-20-35/h2-31H,1H3. The molecule has 0 N–H and O–H groups in total. The van der Waals surface area contributed by atoms with Crippen LogP contribution in [0.4, 0.5) is 0 Å². The van der Waals surface area contributed by atoms with E-state index in [4.69, 9.17) is 9.97 Å². The summed E-state index contributed by atoms with van der Waals surface area (Å²) in [5.41, 5.74) is 13.4. The number of hydrogen-bond acceptors (Lipinski definition) is 3. The van der Waals surface area contributed by atoms with E-state index in [2.05, 4.69) is 187 Å². The summed E-state index contributed by atoms with van der Waals surface area (Å²) in [5, 5.41) is 5.93. The summed E-state index contributed by atoms with van der Waals surface area (Å²) in [6, 6.07) is 63.2. The Balaban J connectivity index is 1.30. The van der Waals surface area contributed by atoms with Crippen LogP contribution in [0.2, 0.25) is 0 Å². The lowest BCUT2D eigenvalue weighted by Gasteiger charge is -2.18. The largest absolute Gasteiger partial charge is 0.291 e. The molecule has 0 amide bonds. The third kappa shape index (κ3) is 5.03. The number of benzene rings is 8. The molecule has 0 fully saturated rings. The van der Waals surface area contributed by atoms with Crippen molar-refractivity contribution in [2.75, 3.05) is 0 Å². The van der Waals surface area contributed by atoms with Crippen LogP contribution >= 0.6 is 11.3 Å². The number of nitrogens with zero attached hydrogens (tertiary/aromatic N) is 3. The van der Waals surface area contributed by atoms with Crippen molar-refractivity contribution in [1.29, 1.82) is 0 Å². The van der Waals surface area contributed by atoms with Crippen LogP contribution in [0.3, 0.4) is 0 Å². The lowest BCUT2D eigenvalue weighted by Crippen LogP contribution is -2.02. The topological polar surface area (TPSA) is 30.7 Å². The highest BCUT2D eigenvalue weighted by atomic mass is 32.1. The van der Waals surface area contributed by atoms with E-state index in [-0.39, 0.29) is 0 Å². The molecule has 258 valence electrons. The summed E-state index contributed by atoms with van der Waals surface area (Å²) in [5.74, 6) is 0.915. The highest BCUT2D eigenvalue weighted by Crippen LogP contribution is 2.46. The molecular formula is C51H33N3S. The summed E-state index contributed by atoms with van der Waals surface area (Å²) in [6.45, 7) is 2.20. The fraction of sp³-hybridized carbons (Fsp3) is 0.0196. The van der Waals surface area contributed by atoms with Crippen LogP contribution in [-0.2, 0) is 0 Å². The fourth-order valence-electron chi connectivity index (χ4n) is 8.38. The van der Waals surface area contributed by atoms with Crippen LogP contribution in [0, 0.1) is 6.92 Å². The molecule has 11 rings (SSSR count). The van der Waals surface area contributed by atoms with E-state index in [1.54, 1.807) is 0 Å². The second-order valence-corrected chi connectivity index (χ2v) is 15.2. The van der Waals surface area contributed by atoms with E-state index in [1.807, 2.05) is 17.5 Å². The zero-order valence-electron chi connectivity index (χ0n) is 30.1. The fourth-order valence-corrected chi connectivity index (χ4v) is 9.66. The normalized spacial score (nSPS) is 11.7. The molecule has 11 aromatic rings. The van der Waals surface area contributed by atoms with Gasteiger partial charge in [0, 0.05) is 43.7 Å². The average molecular weight is 720 g/mol. The maximum atomic E-state index is 5.74. The summed E-state index contributed by atoms with van der Waals surface area (Å²) in [4.78, 5) is 10.9. The first-order chi connectivity index (χ1) is 27.2. The van der Waals surface area contributed by atoms with Crippen LogP contribution in [-0.4, -0.2) is 14.5 Å². The average Bonchev–Trinajstić information content (AvgIpc) is 3.85. The predicted octanol–water partition coefficient (Wildman–Crippen LogP) is 14.1. The van der Waals surface area contributed by atoms with Crippen molar-refractivity contribution in [2.45, 2.75) is 6.92 Å². The second-order valence-electron chi connectivity index (χ2n) is 14.2. The molecule has 0 saturated heterocycles. The number of rotatable bonds is 5. The third-order valence-electron chi connectivity index (χ3n) is 11.0. The first-order valence-corrected chi connectivity index (χ1v) is 19.5. The van der Waals surface area contributed by atoms with E-state index in [0.717, 1.165) is 61.3 Å². The molecule has 0 bridgehead atoms. The number of pyridine rings is 1. The molecule has 0 aliphatic carbocycles. The number of thiophene rings is 1. The number of fused-ring (bicyclic) bond motifs is 9. The Bertz CT molecular complexity index is 3250. The molecule has 8 aromatic carbocycles. The van der Waals surface area contributed by atoms with Gasteiger partial charge >= 0.3 is 0 Å². The van der Waals surface area contributed by atoms with Gasteiger partial charge < -0.3 is 0 Å². The smallest absolute Gasteiger partial charge is 0.147 e. The molecular weight excluding hydrogens is 687 g/mol. The van der Waals surface area contributed by atoms with Gasteiger partial charge in [0.05, 0.1) is 26.9 Å². The van der Waals surface area contributed by atoms with Gasteiger partial charge in [-0.3, -0.25) is 9.55 Å². The van der Waals surface area contributed by atoms with Gasteiger partial charge in [-0.2, -0.15) is 0 Å². The quantitative estimate of drug-likeness (QED) is 0.166. The number of aromatic nitrogens is 3. The highest BCUT2D eigenvalue weighted by Gasteiger charge is 2.25. The highest BCUT2D eigenvalue weighted by molar-refractivity contribution is 7.26. The number of imidazole rings is 1. The van der Waals surface area contributed by atoms with E-state index < -0.39 is 0 Å². The van der Waals surface area contributed by atoms with E-state index >= 15 is 0 Å². The number of hydrogen-bond donors (Lipinski definition) is 0. The maximum Gasteiger partial charge on any atom is 0.147 e. The molecule has 0 aliphatic rings. The molecule has 3 nitrogen and oxygen atoms in total. The summed E-state index contributed by atoms with van der Waals surface area (Å²) in [6.07, 6.45) is 2.02. The maximum absolute atomic E-state index is 5.74. The third-order valence-corrected chi connectivity index (χ3v) is 12.1. The molecule has 55 heavy (non-hydrogen) atoms. The lowest BCUT2D eigenvalue weighted by atomic mass is 9.96. The zero-order valence-corrected chi connectivity index (χ0v) is 30.9. The first-order valence-electron chi connectivity index (χ1n) is 18.7. The summed E-state index contributed by atoms with van der Waals surface area (Å²) >= 11 is 1.81. The van der Waals surface area contributed by atoms with Gasteiger partial charge in [0.2, 0.25) is 0 Å². The Kier molecular flexibility index (Phi) is 7.26. The van der Waals surface area contributed by atoms with E-state index in [1.165, 1.54) is 47.6 Å². The van der Waals surface area contributed by atoms with Crippen LogP contribution in [0.1, 0.15) is 5.56 Å². The minimum absolute atomic E-state index is 0.915. The van der Waals surface area contributed by atoms with Gasteiger partial charge in [-0.25, -0.2) is 4.98 Å². The summed E-state index contributed by atoms with van der Waals surface area (Å²) in [7, 11) is 0. The van der Waals surface area contributed by atoms with Crippen molar-refractivity contribution < 1.29 is 0 Å². The van der Waals surface area contributed by atoms with Crippen LogP contribution in [0.5, 0.6) is 0 Å². The van der Waals surface area contributed by atoms with Crippen LogP contribution in [0.25, 0.3) is 103 Å². The lowest BCUT2D eigenvalue weighted by molar-refractivity contribution is 1.11. The van der Waals surface area contributed by atoms with Gasteiger partial charge in [-0.05, 0) is 63.7 Å². The number of aryl methyl sites for hydroxylation is 1. The van der Waals surface area contributed by atoms with Crippen molar-refractivity contribution in [1.82, 2.24) is 14.5 Å². The zero-order chi connectivity index (χ0) is 36.5. The van der Waals surface area contributed by atoms with Crippen molar-refractivity contribution in [3.8, 4) is 50.5 Å². The SMILES string of the molecule is Cc1ccc(-c2nc3c4ccccc4c4ccccc4c3n2-c2cc(-c3ccccc3)ccc2-c2ccccc2)c2sc3cc(-c4ccccc4)cnc3c12. The Morgan fingerprint density at radius 3 is 1.76 bits per heavy atom. The molecule has 0 aliphatic heterocycles. The Morgan fingerprint density at radius 2 is 1.05 bits per heavy atom. The van der Waals surface area contributed by atoms with E-state index in [0.29, 0.717) is 0 Å². The van der Waals surface area contributed by atoms with Crippen LogP contribution < -0.4 is 0 Å². The second kappa shape index (κ2) is 12.6. The molecule has 3 heterocycles. The molecule has 0 unspecified atom stereocenters. The Hall–Kier alpha value is -6.88. The Morgan fingerprint density at radius 1 is 0.473 bits per heavy atom. The summed E-state index contributed by atoms with van der Waals surface area (Å²) < 4.78 is 4.82. The van der Waals surface area contributed by atoms with Crippen LogP contribution in [0.15, 0.2) is 182 Å². The van der Waals surface area contributed by atoms with Crippen molar-refractivity contribution >= 4 is 64.2 Å². The van der Waals surface area contributed by atoms with Gasteiger partial charge in [0.15, 0.2) is 0 Å².